The molecule has 0 amide bonds. The van der Waals surface area contributed by atoms with Gasteiger partial charge in [-0.2, -0.15) is 11.8 Å². The highest BCUT2D eigenvalue weighted by Crippen LogP contribution is 2.19. The lowest BCUT2D eigenvalue weighted by Crippen LogP contribution is -2.30. The number of hydrogen-bond acceptors (Lipinski definition) is 5. The minimum absolute atomic E-state index is 0.444. The third-order valence-corrected chi connectivity index (χ3v) is 4.01. The number of fused-ring (bicyclic) bond motifs is 1. The average molecular weight is 265 g/mol. The lowest BCUT2D eigenvalue weighted by Gasteiger charge is -2.25. The van der Waals surface area contributed by atoms with Gasteiger partial charge in [-0.05, 0) is 24.9 Å². The molecule has 0 saturated carbocycles. The molecule has 0 spiro atoms. The first-order valence-corrected chi connectivity index (χ1v) is 7.34. The Morgan fingerprint density at radius 3 is 3.11 bits per heavy atom. The van der Waals surface area contributed by atoms with E-state index in [1.165, 1.54) is 11.5 Å². The predicted octanol–water partition coefficient (Wildman–Crippen LogP) is 2.09. The van der Waals surface area contributed by atoms with Crippen molar-refractivity contribution in [3.8, 4) is 0 Å². The van der Waals surface area contributed by atoms with Gasteiger partial charge in [-0.1, -0.05) is 6.92 Å². The van der Waals surface area contributed by atoms with Crippen LogP contribution in [0.25, 0.3) is 5.65 Å². The molecule has 5 nitrogen and oxygen atoms in total. The fraction of sp³-hybridized carbons (Fsp3) is 0.583. The summed E-state index contributed by atoms with van der Waals surface area (Å²) in [6.45, 7) is 4.41. The van der Waals surface area contributed by atoms with E-state index in [4.69, 9.17) is 0 Å². The van der Waals surface area contributed by atoms with Gasteiger partial charge in [0.2, 0.25) is 5.65 Å². The molecular weight excluding hydrogens is 246 g/mol. The van der Waals surface area contributed by atoms with Crippen molar-refractivity contribution >= 4 is 23.2 Å². The zero-order chi connectivity index (χ0) is 13.0. The molecule has 0 unspecified atom stereocenters. The molecule has 2 rings (SSSR count). The summed E-state index contributed by atoms with van der Waals surface area (Å²) < 4.78 is 1.90. The van der Waals surface area contributed by atoms with Gasteiger partial charge in [0, 0.05) is 25.5 Å². The van der Waals surface area contributed by atoms with E-state index in [1.807, 2.05) is 22.4 Å². The van der Waals surface area contributed by atoms with Crippen LogP contribution in [0.3, 0.4) is 0 Å². The van der Waals surface area contributed by atoms with Gasteiger partial charge in [0.05, 0.1) is 0 Å². The number of thioether (sulfide) groups is 1. The van der Waals surface area contributed by atoms with Crippen molar-refractivity contribution in [2.45, 2.75) is 26.3 Å². The van der Waals surface area contributed by atoms with Crippen LogP contribution in [-0.2, 0) is 0 Å². The van der Waals surface area contributed by atoms with Gasteiger partial charge in [-0.25, -0.2) is 4.98 Å². The molecular formula is C12H19N5S. The maximum atomic E-state index is 4.42. The van der Waals surface area contributed by atoms with Crippen molar-refractivity contribution in [1.29, 1.82) is 0 Å². The molecule has 2 heterocycles. The lowest BCUT2D eigenvalue weighted by atomic mass is 10.2. The number of nitrogens with zero attached hydrogens (tertiary/aromatic N) is 5. The summed E-state index contributed by atoms with van der Waals surface area (Å²) in [6.07, 6.45) is 6.50. The third-order valence-electron chi connectivity index (χ3n) is 3.08. The standard InChI is InChI=1S/C12H19N5S/c1-4-18-8-5-10(2)16(3)11-12-15-14-9-17(12)7-6-13-11/h6-7,9-10H,4-5,8H2,1-3H3/t10-/m0/s1. The fourth-order valence-corrected chi connectivity index (χ4v) is 2.59. The maximum Gasteiger partial charge on any atom is 0.203 e. The van der Waals surface area contributed by atoms with Crippen LogP contribution in [-0.4, -0.2) is 44.2 Å². The van der Waals surface area contributed by atoms with E-state index in [-0.39, 0.29) is 0 Å². The van der Waals surface area contributed by atoms with Crippen molar-refractivity contribution in [3.63, 3.8) is 0 Å². The molecule has 0 aliphatic heterocycles. The highest BCUT2D eigenvalue weighted by molar-refractivity contribution is 7.99. The van der Waals surface area contributed by atoms with Gasteiger partial charge < -0.3 is 4.90 Å². The first kappa shape index (κ1) is 13.1. The molecule has 0 fully saturated rings. The number of aromatic nitrogens is 4. The van der Waals surface area contributed by atoms with E-state index in [1.54, 1.807) is 12.5 Å². The monoisotopic (exact) mass is 265 g/mol. The predicted molar refractivity (Wildman–Crippen MR) is 76.3 cm³/mol. The Bertz CT molecular complexity index is 498. The largest absolute Gasteiger partial charge is 0.354 e. The zero-order valence-electron chi connectivity index (χ0n) is 11.1. The van der Waals surface area contributed by atoms with Gasteiger partial charge in [0.1, 0.15) is 6.33 Å². The second kappa shape index (κ2) is 6.04. The Labute approximate surface area is 112 Å². The van der Waals surface area contributed by atoms with E-state index in [0.29, 0.717) is 6.04 Å². The van der Waals surface area contributed by atoms with E-state index in [2.05, 4.69) is 41.0 Å². The van der Waals surface area contributed by atoms with E-state index in [0.717, 1.165) is 17.9 Å². The second-order valence-electron chi connectivity index (χ2n) is 4.26. The van der Waals surface area contributed by atoms with Crippen LogP contribution in [0.1, 0.15) is 20.3 Å². The molecule has 98 valence electrons. The first-order chi connectivity index (χ1) is 8.74. The smallest absolute Gasteiger partial charge is 0.203 e. The van der Waals surface area contributed by atoms with Crippen LogP contribution in [0.2, 0.25) is 0 Å². The molecule has 2 aromatic rings. The SMILES string of the molecule is CCSCC[C@H](C)N(C)c1nccn2cnnc12. The topological polar surface area (TPSA) is 46.3 Å². The van der Waals surface area contributed by atoms with Crippen LogP contribution < -0.4 is 4.90 Å². The van der Waals surface area contributed by atoms with Gasteiger partial charge in [-0.3, -0.25) is 4.40 Å². The molecule has 2 aromatic heterocycles. The second-order valence-corrected chi connectivity index (χ2v) is 5.65. The van der Waals surface area contributed by atoms with Crippen molar-refractivity contribution in [2.24, 2.45) is 0 Å². The highest BCUT2D eigenvalue weighted by Gasteiger charge is 2.15. The molecule has 0 radical (unpaired) electrons. The zero-order valence-corrected chi connectivity index (χ0v) is 11.9. The third kappa shape index (κ3) is 2.75. The Balaban J connectivity index is 2.12. The molecule has 1 atom stereocenters. The maximum absolute atomic E-state index is 4.42. The van der Waals surface area contributed by atoms with Gasteiger partial charge in [0.15, 0.2) is 5.82 Å². The van der Waals surface area contributed by atoms with Crippen LogP contribution in [0.15, 0.2) is 18.7 Å². The molecule has 0 bridgehead atoms. The molecule has 18 heavy (non-hydrogen) atoms. The molecule has 0 aromatic carbocycles. The summed E-state index contributed by atoms with van der Waals surface area (Å²) in [7, 11) is 2.07. The summed E-state index contributed by atoms with van der Waals surface area (Å²) in [5, 5.41) is 8.04. The number of anilines is 1. The molecule has 0 saturated heterocycles. The Morgan fingerprint density at radius 1 is 1.50 bits per heavy atom. The average Bonchev–Trinajstić information content (AvgIpc) is 2.86. The van der Waals surface area contributed by atoms with Crippen molar-refractivity contribution in [2.75, 3.05) is 23.5 Å². The van der Waals surface area contributed by atoms with Crippen molar-refractivity contribution < 1.29 is 0 Å². The molecule has 0 aliphatic rings. The van der Waals surface area contributed by atoms with E-state index >= 15 is 0 Å². The van der Waals surface area contributed by atoms with Crippen LogP contribution in [0, 0.1) is 0 Å². The molecule has 0 N–H and O–H groups in total. The van der Waals surface area contributed by atoms with Gasteiger partial charge in [0.25, 0.3) is 0 Å². The lowest BCUT2D eigenvalue weighted by molar-refractivity contribution is 0.662. The minimum atomic E-state index is 0.444. The first-order valence-electron chi connectivity index (χ1n) is 6.19. The van der Waals surface area contributed by atoms with Crippen molar-refractivity contribution in [3.05, 3.63) is 18.7 Å². The van der Waals surface area contributed by atoms with Crippen molar-refractivity contribution in [1.82, 2.24) is 19.6 Å². The quantitative estimate of drug-likeness (QED) is 0.748. The van der Waals surface area contributed by atoms with E-state index < -0.39 is 0 Å². The normalized spacial score (nSPS) is 12.8. The summed E-state index contributed by atoms with van der Waals surface area (Å²) in [5.41, 5.74) is 0.815. The van der Waals surface area contributed by atoms with Gasteiger partial charge >= 0.3 is 0 Å². The number of hydrogen-bond donors (Lipinski definition) is 0. The van der Waals surface area contributed by atoms with Crippen LogP contribution in [0.5, 0.6) is 0 Å². The molecule has 6 heteroatoms. The Hall–Kier alpha value is -1.30. The number of rotatable bonds is 6. The highest BCUT2D eigenvalue weighted by atomic mass is 32.2. The minimum Gasteiger partial charge on any atom is -0.354 e. The van der Waals surface area contributed by atoms with E-state index in [9.17, 15) is 0 Å². The Morgan fingerprint density at radius 2 is 2.33 bits per heavy atom. The molecule has 0 aliphatic carbocycles. The summed E-state index contributed by atoms with van der Waals surface area (Å²) in [6, 6.07) is 0.444. The summed E-state index contributed by atoms with van der Waals surface area (Å²) in [5.74, 6) is 3.25. The Kier molecular flexibility index (Phi) is 4.41. The van der Waals surface area contributed by atoms with Crippen LogP contribution in [0.4, 0.5) is 5.82 Å². The van der Waals surface area contributed by atoms with Gasteiger partial charge in [-0.15, -0.1) is 10.2 Å². The fourth-order valence-electron chi connectivity index (χ4n) is 1.79. The summed E-state index contributed by atoms with van der Waals surface area (Å²) >= 11 is 1.97. The van der Waals surface area contributed by atoms with Crippen LogP contribution >= 0.6 is 11.8 Å². The summed E-state index contributed by atoms with van der Waals surface area (Å²) in [4.78, 5) is 6.60.